The van der Waals surface area contributed by atoms with Gasteiger partial charge in [0, 0.05) is 72.2 Å². The first-order valence-corrected chi connectivity index (χ1v) is 44.4. The van der Waals surface area contributed by atoms with Gasteiger partial charge in [0.25, 0.3) is 0 Å². The Morgan fingerprint density at radius 1 is 0.559 bits per heavy atom. The molecule has 0 radical (unpaired) electrons. The molecule has 14 rings (SSSR count). The lowest BCUT2D eigenvalue weighted by Gasteiger charge is -2.48. The van der Waals surface area contributed by atoms with E-state index in [0.29, 0.717) is 85.4 Å². The van der Waals surface area contributed by atoms with Gasteiger partial charge in [0.15, 0.2) is 27.8 Å². The highest BCUT2D eigenvalue weighted by Crippen LogP contribution is 2.53. The Labute approximate surface area is 617 Å². The van der Waals surface area contributed by atoms with Gasteiger partial charge >= 0.3 is 11.9 Å². The first-order valence-electron chi connectivity index (χ1n) is 37.8. The molecule has 4 aliphatic carbocycles. The number of aliphatic hydroxyl groups is 2. The number of halogens is 2. The fourth-order valence-electron chi connectivity index (χ4n) is 17.7. The Balaban J connectivity index is 0.000000182. The highest BCUT2D eigenvalue weighted by molar-refractivity contribution is 6.74. The minimum Gasteiger partial charge on any atom is -0.490 e. The number of carbonyl (C=O) groups is 4. The molecular weight excluding hydrogens is 1360 g/mol. The number of ether oxygens (including phenoxy) is 4. The third-order valence-corrected chi connectivity index (χ3v) is 35.9. The fraction of sp³-hybridized carbons (Fsp3) is 0.610. The number of fused-ring (bicyclic) bond motifs is 10. The molecule has 2 saturated heterocycles. The molecule has 4 fully saturated rings. The van der Waals surface area contributed by atoms with Gasteiger partial charge in [-0.2, -0.15) is 0 Å². The zero-order valence-electron chi connectivity index (χ0n) is 62.3. The summed E-state index contributed by atoms with van der Waals surface area (Å²) in [7, 11) is -1.68. The van der Waals surface area contributed by atoms with E-state index in [-0.39, 0.29) is 69.9 Å². The van der Waals surface area contributed by atoms with E-state index < -0.39 is 39.8 Å². The van der Waals surface area contributed by atoms with Crippen LogP contribution in [0, 0.1) is 23.7 Å². The number of nitrogens with zero attached hydrogens (tertiary/aromatic N) is 4. The van der Waals surface area contributed by atoms with E-state index in [1.54, 1.807) is 21.9 Å². The highest BCUT2D eigenvalue weighted by Gasteiger charge is 2.53. The average molecular weight is 1470 g/mol. The standard InChI is InChI=1S/2C41H55ClN2O6Si/c2*1-39(2,3)51(5,6)50-35-11-7-10-31-18-20-44(31)37(45)23-41(47,38(46)48-4)29-13-17-36-34(22-29)43(24-28-12-15-32(28)35)25-40(26-49-36)19-8-9-27-21-30(42)14-16-33(27)40/h2*7,11,13-14,16-17,21-22,28,31-32,35,47H,8-10,12,15,18-20,23-26H2,1-6H3/b2*11-7+/t2*28?,31-,32?,35?,40?,41?/m11/s1. The Kier molecular flexibility index (Phi) is 20.9. The molecule has 4 aromatic rings. The van der Waals surface area contributed by atoms with Crippen LogP contribution < -0.4 is 19.3 Å². The Hall–Kier alpha value is -5.71. The molecule has 102 heavy (non-hydrogen) atoms. The summed E-state index contributed by atoms with van der Waals surface area (Å²) >= 11 is 13.0. The summed E-state index contributed by atoms with van der Waals surface area (Å²) < 4.78 is 38.2. The molecule has 2 N–H and O–H groups in total. The van der Waals surface area contributed by atoms with Crippen molar-refractivity contribution in [3.8, 4) is 11.5 Å². The van der Waals surface area contributed by atoms with Crippen molar-refractivity contribution in [2.45, 2.75) is 227 Å². The number of esters is 2. The average Bonchev–Trinajstić information content (AvgIpc) is 1.52. The van der Waals surface area contributed by atoms with Gasteiger partial charge in [0.1, 0.15) is 11.5 Å². The third-order valence-electron chi connectivity index (χ3n) is 26.5. The van der Waals surface area contributed by atoms with Gasteiger partial charge in [0.05, 0.1) is 63.9 Å². The molecule has 0 aromatic heterocycles. The number of benzene rings is 4. The molecule has 4 aromatic carbocycles. The number of anilines is 2. The molecule has 12 atom stereocenters. The molecule has 6 heterocycles. The monoisotopic (exact) mass is 1470 g/mol. The number of amides is 2. The van der Waals surface area contributed by atoms with E-state index >= 15 is 0 Å². The van der Waals surface area contributed by atoms with Crippen LogP contribution in [-0.4, -0.2) is 151 Å². The molecule has 10 aliphatic rings. The Bertz CT molecular complexity index is 3660. The Morgan fingerprint density at radius 3 is 1.30 bits per heavy atom. The number of methoxy groups -OCH3 is 2. The van der Waals surface area contributed by atoms with E-state index in [1.807, 2.05) is 36.4 Å². The van der Waals surface area contributed by atoms with Crippen LogP contribution >= 0.6 is 23.2 Å². The quantitative estimate of drug-likeness (QED) is 0.106. The number of aryl methyl sites for hydroxylation is 2. The summed E-state index contributed by atoms with van der Waals surface area (Å²) in [5.41, 5.74) is 2.65. The summed E-state index contributed by atoms with van der Waals surface area (Å²) in [6.45, 7) is 28.3. The van der Waals surface area contributed by atoms with Crippen LogP contribution in [0.4, 0.5) is 11.4 Å². The first kappa shape index (κ1) is 74.6. The number of rotatable bonds is 6. The summed E-state index contributed by atoms with van der Waals surface area (Å²) in [6, 6.07) is 23.5. The molecular formula is C82H110Cl2N4O12Si2. The van der Waals surface area contributed by atoms with Crippen LogP contribution in [0.2, 0.25) is 46.3 Å². The second kappa shape index (κ2) is 28.5. The van der Waals surface area contributed by atoms with Crippen molar-refractivity contribution < 1.29 is 57.2 Å². The lowest BCUT2D eigenvalue weighted by Crippen LogP contribution is -2.54. The van der Waals surface area contributed by atoms with E-state index in [4.69, 9.17) is 51.0 Å². The van der Waals surface area contributed by atoms with Crippen LogP contribution in [0.3, 0.4) is 0 Å². The van der Waals surface area contributed by atoms with Crippen molar-refractivity contribution in [1.82, 2.24) is 9.80 Å². The highest BCUT2D eigenvalue weighted by atomic mass is 35.5. The normalized spacial score (nSPS) is 31.6. The molecule has 6 aliphatic heterocycles. The summed E-state index contributed by atoms with van der Waals surface area (Å²) in [5, 5.41) is 25.9. The fourth-order valence-corrected chi connectivity index (χ4v) is 20.7. The van der Waals surface area contributed by atoms with Gasteiger partial charge in [-0.15, -0.1) is 0 Å². The van der Waals surface area contributed by atoms with Crippen molar-refractivity contribution in [2.24, 2.45) is 23.7 Å². The first-order chi connectivity index (χ1) is 48.3. The van der Waals surface area contributed by atoms with E-state index in [2.05, 4.69) is 126 Å². The molecule has 16 nitrogen and oxygen atoms in total. The zero-order chi connectivity index (χ0) is 72.7. The van der Waals surface area contributed by atoms with E-state index in [9.17, 15) is 29.4 Å². The molecule has 552 valence electrons. The molecule has 10 unspecified atom stereocenters. The second-order valence-corrected chi connectivity index (χ2v) is 45.1. The van der Waals surface area contributed by atoms with Crippen molar-refractivity contribution in [3.05, 3.63) is 141 Å². The van der Waals surface area contributed by atoms with Gasteiger partial charge < -0.3 is 57.6 Å². The van der Waals surface area contributed by atoms with Crippen LogP contribution in [0.5, 0.6) is 11.5 Å². The minimum atomic E-state index is -2.14. The van der Waals surface area contributed by atoms with Crippen molar-refractivity contribution in [3.63, 3.8) is 0 Å². The van der Waals surface area contributed by atoms with Gasteiger partial charge in [-0.3, -0.25) is 9.59 Å². The second-order valence-electron chi connectivity index (χ2n) is 34.7. The number of hydrogen-bond donors (Lipinski definition) is 2. The van der Waals surface area contributed by atoms with Crippen molar-refractivity contribution in [2.75, 3.05) is 76.5 Å². The van der Waals surface area contributed by atoms with E-state index in [0.717, 1.165) is 125 Å². The maximum Gasteiger partial charge on any atom is 0.343 e. The largest absolute Gasteiger partial charge is 0.490 e. The summed E-state index contributed by atoms with van der Waals surface area (Å²) in [5.74, 6) is 0.672. The number of hydrogen-bond acceptors (Lipinski definition) is 14. The van der Waals surface area contributed by atoms with Crippen molar-refractivity contribution in [1.29, 1.82) is 0 Å². The zero-order valence-corrected chi connectivity index (χ0v) is 65.9. The molecule has 20 heteroatoms. The van der Waals surface area contributed by atoms with E-state index in [1.165, 1.54) is 36.5 Å². The SMILES string of the molecule is COC(=O)C1(O)CC(=O)N2CC[C@H]2C/C=C/C(O[Si](C)(C)C(C)(C)C)C2CCC2CN2CC3(CCCc4cc(Cl)ccc43)COc3ccc1cc32.COC(=O)C1(O)CC(=O)N2CC[C@H]2C/C=C/C(O[Si](C)(C)C(C)(C)C)C2CCC2CN2CC3(CCCc4cc(Cl)ccc43)COc3ccc1cc32. The lowest BCUT2D eigenvalue weighted by molar-refractivity contribution is -0.169. The maximum absolute atomic E-state index is 13.8. The smallest absolute Gasteiger partial charge is 0.343 e. The topological polar surface area (TPSA) is 177 Å². The predicted octanol–water partition coefficient (Wildman–Crippen LogP) is 15.1. The minimum absolute atomic E-state index is 0.00765. The molecule has 2 amide bonds. The van der Waals surface area contributed by atoms with Gasteiger partial charge in [-0.25, -0.2) is 9.59 Å². The third kappa shape index (κ3) is 14.2. The molecule has 2 saturated carbocycles. The van der Waals surface area contributed by atoms with Gasteiger partial charge in [0.2, 0.25) is 11.8 Å². The van der Waals surface area contributed by atoms with Crippen LogP contribution in [0.1, 0.15) is 165 Å². The molecule has 2 spiro atoms. The van der Waals surface area contributed by atoms with Gasteiger partial charge in [-0.05, 0) is 232 Å². The summed E-state index contributed by atoms with van der Waals surface area (Å²) in [4.78, 5) is 63.0. The molecule has 4 bridgehead atoms. The van der Waals surface area contributed by atoms with Crippen LogP contribution in [0.15, 0.2) is 97.1 Å². The van der Waals surface area contributed by atoms with Crippen LogP contribution in [-0.2, 0) is 72.4 Å². The van der Waals surface area contributed by atoms with Gasteiger partial charge in [-0.1, -0.05) is 113 Å². The lowest BCUT2D eigenvalue weighted by atomic mass is 9.68. The van der Waals surface area contributed by atoms with Crippen molar-refractivity contribution >= 4 is 75.0 Å². The number of carbonyl (C=O) groups excluding carboxylic acids is 4. The summed E-state index contributed by atoms with van der Waals surface area (Å²) in [6.07, 6.45) is 21.8. The van der Waals surface area contributed by atoms with Crippen LogP contribution in [0.25, 0.3) is 0 Å². The maximum atomic E-state index is 13.8. The predicted molar refractivity (Wildman–Crippen MR) is 406 cm³/mol. The Morgan fingerprint density at radius 2 is 0.961 bits per heavy atom.